The van der Waals surface area contributed by atoms with Gasteiger partial charge in [0.2, 0.25) is 21.1 Å². The van der Waals surface area contributed by atoms with Crippen molar-refractivity contribution in [3.05, 3.63) is 60.2 Å². The summed E-state index contributed by atoms with van der Waals surface area (Å²) in [6.45, 7) is 2.00. The van der Waals surface area contributed by atoms with Crippen molar-refractivity contribution in [2.24, 2.45) is 0 Å². The SMILES string of the molecule is Cc1ccc(S(=O)(=O)N(C)CC(=O)NCCSc2n[nH]c(-c3ccccc3)n2)cc1. The van der Waals surface area contributed by atoms with E-state index < -0.39 is 10.0 Å². The number of nitrogens with zero attached hydrogens (tertiary/aromatic N) is 3. The summed E-state index contributed by atoms with van der Waals surface area (Å²) in [5.41, 5.74) is 1.91. The molecule has 10 heteroatoms. The number of carbonyl (C=O) groups excluding carboxylic acids is 1. The Kier molecular flexibility index (Phi) is 7.24. The lowest BCUT2D eigenvalue weighted by atomic mass is 10.2. The van der Waals surface area contributed by atoms with Crippen molar-refractivity contribution in [1.82, 2.24) is 24.8 Å². The zero-order chi connectivity index (χ0) is 21.6. The molecule has 2 N–H and O–H groups in total. The van der Waals surface area contributed by atoms with Gasteiger partial charge in [0.15, 0.2) is 5.82 Å². The third-order valence-electron chi connectivity index (χ3n) is 4.26. The zero-order valence-corrected chi connectivity index (χ0v) is 18.3. The van der Waals surface area contributed by atoms with E-state index in [0.717, 1.165) is 15.4 Å². The molecule has 0 aliphatic carbocycles. The lowest BCUT2D eigenvalue weighted by molar-refractivity contribution is -0.121. The number of sulfonamides is 1. The van der Waals surface area contributed by atoms with E-state index in [1.807, 2.05) is 37.3 Å². The second kappa shape index (κ2) is 9.88. The largest absolute Gasteiger partial charge is 0.354 e. The Hall–Kier alpha value is -2.69. The Morgan fingerprint density at radius 1 is 1.13 bits per heavy atom. The van der Waals surface area contributed by atoms with Gasteiger partial charge in [-0.3, -0.25) is 9.89 Å². The molecule has 2 aromatic carbocycles. The summed E-state index contributed by atoms with van der Waals surface area (Å²) in [5, 5.41) is 10.4. The van der Waals surface area contributed by atoms with E-state index in [2.05, 4.69) is 20.5 Å². The van der Waals surface area contributed by atoms with Crippen molar-refractivity contribution >= 4 is 27.7 Å². The molecule has 0 unspecified atom stereocenters. The second-order valence-corrected chi connectivity index (χ2v) is 9.71. The summed E-state index contributed by atoms with van der Waals surface area (Å²) in [6, 6.07) is 16.2. The van der Waals surface area contributed by atoms with Crippen LogP contribution in [0.25, 0.3) is 11.4 Å². The average Bonchev–Trinajstić information content (AvgIpc) is 3.21. The molecule has 158 valence electrons. The Labute approximate surface area is 180 Å². The predicted molar refractivity (Wildman–Crippen MR) is 117 cm³/mol. The van der Waals surface area contributed by atoms with Gasteiger partial charge in [0, 0.05) is 24.9 Å². The fourth-order valence-corrected chi connectivity index (χ4v) is 4.38. The van der Waals surface area contributed by atoms with Gasteiger partial charge in [-0.1, -0.05) is 59.8 Å². The van der Waals surface area contributed by atoms with E-state index >= 15 is 0 Å². The third kappa shape index (κ3) is 5.68. The molecule has 0 atom stereocenters. The highest BCUT2D eigenvalue weighted by Gasteiger charge is 2.22. The lowest BCUT2D eigenvalue weighted by Gasteiger charge is -2.17. The molecule has 0 saturated carbocycles. The molecule has 0 saturated heterocycles. The maximum Gasteiger partial charge on any atom is 0.243 e. The molecule has 1 amide bonds. The van der Waals surface area contributed by atoms with Crippen molar-refractivity contribution in [1.29, 1.82) is 0 Å². The van der Waals surface area contributed by atoms with Crippen molar-refractivity contribution < 1.29 is 13.2 Å². The molecular weight excluding hydrogens is 422 g/mol. The minimum absolute atomic E-state index is 0.165. The highest BCUT2D eigenvalue weighted by Crippen LogP contribution is 2.18. The van der Waals surface area contributed by atoms with Crippen LogP contribution >= 0.6 is 11.8 Å². The number of aromatic amines is 1. The Morgan fingerprint density at radius 2 is 1.83 bits per heavy atom. The van der Waals surface area contributed by atoms with Gasteiger partial charge < -0.3 is 5.32 Å². The number of rotatable bonds is 9. The average molecular weight is 446 g/mol. The van der Waals surface area contributed by atoms with Crippen LogP contribution in [0.3, 0.4) is 0 Å². The van der Waals surface area contributed by atoms with Gasteiger partial charge in [0.05, 0.1) is 11.4 Å². The van der Waals surface area contributed by atoms with Gasteiger partial charge in [-0.25, -0.2) is 13.4 Å². The monoisotopic (exact) mass is 445 g/mol. The number of H-pyrrole nitrogens is 1. The van der Waals surface area contributed by atoms with Crippen LogP contribution in [0, 0.1) is 6.92 Å². The lowest BCUT2D eigenvalue weighted by Crippen LogP contribution is -2.39. The summed E-state index contributed by atoms with van der Waals surface area (Å²) in [5.74, 6) is 0.880. The molecule has 1 aromatic heterocycles. The van der Waals surface area contributed by atoms with E-state index in [1.165, 1.54) is 30.9 Å². The molecule has 0 aliphatic heterocycles. The fourth-order valence-electron chi connectivity index (χ4n) is 2.60. The number of hydrogen-bond acceptors (Lipinski definition) is 6. The van der Waals surface area contributed by atoms with Gasteiger partial charge >= 0.3 is 0 Å². The molecule has 3 rings (SSSR count). The summed E-state index contributed by atoms with van der Waals surface area (Å²) in [6.07, 6.45) is 0. The van der Waals surface area contributed by atoms with E-state index in [4.69, 9.17) is 0 Å². The standard InChI is InChI=1S/C20H23N5O3S2/c1-15-8-10-17(11-9-15)30(27,28)25(2)14-18(26)21-12-13-29-20-22-19(23-24-20)16-6-4-3-5-7-16/h3-11H,12-14H2,1-2H3,(H,21,26)(H,22,23,24). The first-order valence-electron chi connectivity index (χ1n) is 9.26. The van der Waals surface area contributed by atoms with Crippen LogP contribution in [0.1, 0.15) is 5.56 Å². The third-order valence-corrected chi connectivity index (χ3v) is 6.93. The van der Waals surface area contributed by atoms with Gasteiger partial charge in [-0.2, -0.15) is 4.31 Å². The van der Waals surface area contributed by atoms with Crippen LogP contribution in [-0.2, 0) is 14.8 Å². The van der Waals surface area contributed by atoms with Crippen LogP contribution in [-0.4, -0.2) is 59.7 Å². The van der Waals surface area contributed by atoms with Crippen molar-refractivity contribution in [3.8, 4) is 11.4 Å². The van der Waals surface area contributed by atoms with Crippen LogP contribution < -0.4 is 5.32 Å². The van der Waals surface area contributed by atoms with E-state index in [-0.39, 0.29) is 17.3 Å². The molecule has 0 aliphatic rings. The van der Waals surface area contributed by atoms with Crippen LogP contribution in [0.2, 0.25) is 0 Å². The molecule has 3 aromatic rings. The van der Waals surface area contributed by atoms with E-state index in [9.17, 15) is 13.2 Å². The molecular formula is C20H23N5O3S2. The first-order chi connectivity index (χ1) is 14.4. The second-order valence-electron chi connectivity index (χ2n) is 6.61. The molecule has 0 radical (unpaired) electrons. The van der Waals surface area contributed by atoms with Gasteiger partial charge in [-0.05, 0) is 19.1 Å². The number of thioether (sulfide) groups is 1. The molecule has 8 nitrogen and oxygen atoms in total. The summed E-state index contributed by atoms with van der Waals surface area (Å²) in [7, 11) is -2.31. The smallest absolute Gasteiger partial charge is 0.243 e. The van der Waals surface area contributed by atoms with Crippen LogP contribution in [0.15, 0.2) is 64.6 Å². The van der Waals surface area contributed by atoms with Gasteiger partial charge in [0.1, 0.15) is 0 Å². The maximum atomic E-state index is 12.5. The Morgan fingerprint density at radius 3 is 2.53 bits per heavy atom. The maximum absolute atomic E-state index is 12.5. The van der Waals surface area contributed by atoms with Crippen molar-refractivity contribution in [3.63, 3.8) is 0 Å². The fraction of sp³-hybridized carbons (Fsp3) is 0.250. The molecule has 0 spiro atoms. The van der Waals surface area contributed by atoms with Crippen LogP contribution in [0.5, 0.6) is 0 Å². The quantitative estimate of drug-likeness (QED) is 0.387. The Bertz CT molecular complexity index is 1080. The highest BCUT2D eigenvalue weighted by atomic mass is 32.2. The number of benzene rings is 2. The molecule has 0 fully saturated rings. The van der Waals surface area contributed by atoms with E-state index in [1.54, 1.807) is 12.1 Å². The summed E-state index contributed by atoms with van der Waals surface area (Å²) >= 11 is 1.40. The van der Waals surface area contributed by atoms with E-state index in [0.29, 0.717) is 23.3 Å². The zero-order valence-electron chi connectivity index (χ0n) is 16.7. The summed E-state index contributed by atoms with van der Waals surface area (Å²) in [4.78, 5) is 16.7. The minimum atomic E-state index is -3.70. The number of amides is 1. The summed E-state index contributed by atoms with van der Waals surface area (Å²) < 4.78 is 26.1. The number of hydrogen-bond donors (Lipinski definition) is 2. The normalized spacial score (nSPS) is 11.6. The van der Waals surface area contributed by atoms with Crippen molar-refractivity contribution in [2.45, 2.75) is 17.0 Å². The predicted octanol–water partition coefficient (Wildman–Crippen LogP) is 2.31. The topological polar surface area (TPSA) is 108 Å². The number of aryl methyl sites for hydroxylation is 1. The first-order valence-corrected chi connectivity index (χ1v) is 11.7. The number of carbonyl (C=O) groups is 1. The van der Waals surface area contributed by atoms with Crippen molar-refractivity contribution in [2.75, 3.05) is 25.9 Å². The number of likely N-dealkylation sites (N-methyl/N-ethyl adjacent to an activating group) is 1. The minimum Gasteiger partial charge on any atom is -0.354 e. The molecule has 30 heavy (non-hydrogen) atoms. The Balaban J connectivity index is 1.44. The van der Waals surface area contributed by atoms with Gasteiger partial charge in [0.25, 0.3) is 0 Å². The van der Waals surface area contributed by atoms with Gasteiger partial charge in [-0.15, -0.1) is 5.10 Å². The molecule has 1 heterocycles. The number of nitrogens with one attached hydrogen (secondary N) is 2. The first kappa shape index (κ1) is 22.0. The highest BCUT2D eigenvalue weighted by molar-refractivity contribution is 7.99. The van der Waals surface area contributed by atoms with Crippen LogP contribution in [0.4, 0.5) is 0 Å². The number of aromatic nitrogens is 3. The molecule has 0 bridgehead atoms.